The summed E-state index contributed by atoms with van der Waals surface area (Å²) in [7, 11) is 0. The molecule has 0 aliphatic heterocycles. The van der Waals surface area contributed by atoms with Crippen LogP contribution >= 0.6 is 0 Å². The van der Waals surface area contributed by atoms with Crippen LogP contribution in [0, 0.1) is 0 Å². The lowest BCUT2D eigenvalue weighted by atomic mass is 9.76. The molecule has 0 atom stereocenters. The van der Waals surface area contributed by atoms with Crippen LogP contribution in [0.2, 0.25) is 0 Å². The highest BCUT2D eigenvalue weighted by molar-refractivity contribution is 5.82. The largest absolute Gasteiger partial charge is 0.465 e. The normalized spacial score (nSPS) is 17.2. The van der Waals surface area contributed by atoms with Crippen molar-refractivity contribution in [3.63, 3.8) is 0 Å². The van der Waals surface area contributed by atoms with E-state index in [9.17, 15) is 4.79 Å². The Morgan fingerprint density at radius 2 is 2.06 bits per heavy atom. The van der Waals surface area contributed by atoms with Crippen LogP contribution in [0.3, 0.4) is 0 Å². The lowest BCUT2D eigenvalue weighted by Gasteiger charge is -2.40. The molecule has 2 rings (SSSR count). The van der Waals surface area contributed by atoms with E-state index in [1.807, 2.05) is 25.1 Å². The molecule has 1 aromatic rings. The van der Waals surface area contributed by atoms with Gasteiger partial charge in [0.2, 0.25) is 0 Å². The molecule has 0 bridgehead atoms. The zero-order chi connectivity index (χ0) is 12.1. The highest BCUT2D eigenvalue weighted by Crippen LogP contribution is 2.33. The van der Waals surface area contributed by atoms with E-state index in [0.29, 0.717) is 6.61 Å². The van der Waals surface area contributed by atoms with Gasteiger partial charge in [-0.05, 0) is 31.7 Å². The topological polar surface area (TPSA) is 38.3 Å². The van der Waals surface area contributed by atoms with E-state index in [0.717, 1.165) is 25.8 Å². The number of esters is 1. The molecule has 1 saturated carbocycles. The maximum atomic E-state index is 11.9. The van der Waals surface area contributed by atoms with Gasteiger partial charge in [-0.15, -0.1) is 0 Å². The van der Waals surface area contributed by atoms with Gasteiger partial charge in [-0.2, -0.15) is 0 Å². The van der Waals surface area contributed by atoms with E-state index in [1.165, 1.54) is 5.56 Å². The first kappa shape index (κ1) is 12.1. The molecule has 1 aliphatic rings. The Morgan fingerprint density at radius 3 is 2.59 bits per heavy atom. The fourth-order valence-corrected chi connectivity index (χ4v) is 2.12. The predicted molar refractivity (Wildman–Crippen MR) is 66.5 cm³/mol. The Labute approximate surface area is 102 Å². The number of benzene rings is 1. The second-order valence-corrected chi connectivity index (χ2v) is 4.50. The number of ether oxygens (including phenoxy) is 1. The maximum absolute atomic E-state index is 11.9. The lowest BCUT2D eigenvalue weighted by Crippen LogP contribution is -2.57. The minimum atomic E-state index is -0.425. The van der Waals surface area contributed by atoms with Crippen molar-refractivity contribution in [2.75, 3.05) is 6.61 Å². The third kappa shape index (κ3) is 2.67. The van der Waals surface area contributed by atoms with Gasteiger partial charge < -0.3 is 4.74 Å². The van der Waals surface area contributed by atoms with E-state index < -0.39 is 5.54 Å². The molecule has 1 fully saturated rings. The summed E-state index contributed by atoms with van der Waals surface area (Å²) in [6, 6.07) is 10.1. The molecule has 0 saturated heterocycles. The molecule has 1 N–H and O–H groups in total. The summed E-state index contributed by atoms with van der Waals surface area (Å²) >= 11 is 0. The molecule has 17 heavy (non-hydrogen) atoms. The number of nitrogens with one attached hydrogen (secondary N) is 1. The maximum Gasteiger partial charge on any atom is 0.326 e. The van der Waals surface area contributed by atoms with Crippen LogP contribution in [0.15, 0.2) is 30.3 Å². The average Bonchev–Trinajstić information content (AvgIpc) is 2.29. The van der Waals surface area contributed by atoms with Gasteiger partial charge in [0.15, 0.2) is 0 Å². The summed E-state index contributed by atoms with van der Waals surface area (Å²) in [5.74, 6) is -0.0952. The van der Waals surface area contributed by atoms with Crippen LogP contribution in [0.25, 0.3) is 0 Å². The van der Waals surface area contributed by atoms with Crippen molar-refractivity contribution in [2.24, 2.45) is 0 Å². The number of carbonyl (C=O) groups excluding carboxylic acids is 1. The van der Waals surface area contributed by atoms with E-state index in [-0.39, 0.29) is 5.97 Å². The van der Waals surface area contributed by atoms with E-state index in [2.05, 4.69) is 17.4 Å². The summed E-state index contributed by atoms with van der Waals surface area (Å²) in [5.41, 5.74) is 0.773. The predicted octanol–water partition coefficient (Wildman–Crippen LogP) is 2.26. The molecule has 1 aliphatic carbocycles. The molecule has 3 heteroatoms. The first-order chi connectivity index (χ1) is 8.27. The highest BCUT2D eigenvalue weighted by Gasteiger charge is 2.44. The summed E-state index contributed by atoms with van der Waals surface area (Å²) in [5, 5.41) is 3.36. The van der Waals surface area contributed by atoms with Gasteiger partial charge in [-0.1, -0.05) is 30.3 Å². The highest BCUT2D eigenvalue weighted by atomic mass is 16.5. The smallest absolute Gasteiger partial charge is 0.326 e. The monoisotopic (exact) mass is 233 g/mol. The van der Waals surface area contributed by atoms with Crippen molar-refractivity contribution in [1.82, 2.24) is 5.32 Å². The lowest BCUT2D eigenvalue weighted by molar-refractivity contribution is -0.155. The zero-order valence-corrected chi connectivity index (χ0v) is 10.2. The molecule has 0 radical (unpaired) electrons. The molecule has 3 nitrogen and oxygen atoms in total. The fraction of sp³-hybridized carbons (Fsp3) is 0.500. The Morgan fingerprint density at radius 1 is 1.35 bits per heavy atom. The first-order valence-electron chi connectivity index (χ1n) is 6.23. The standard InChI is InChI=1S/C14H19NO2/c1-2-17-13(16)14(9-6-10-14)15-11-12-7-4-3-5-8-12/h3-5,7-8,15H,2,6,9-11H2,1H3. The van der Waals surface area contributed by atoms with E-state index in [4.69, 9.17) is 4.74 Å². The van der Waals surface area contributed by atoms with Crippen molar-refractivity contribution >= 4 is 5.97 Å². The van der Waals surface area contributed by atoms with Crippen LogP contribution in [-0.2, 0) is 16.1 Å². The summed E-state index contributed by atoms with van der Waals surface area (Å²) in [6.07, 6.45) is 2.87. The van der Waals surface area contributed by atoms with Crippen molar-refractivity contribution in [3.05, 3.63) is 35.9 Å². The fourth-order valence-electron chi connectivity index (χ4n) is 2.12. The van der Waals surface area contributed by atoms with Crippen molar-refractivity contribution in [1.29, 1.82) is 0 Å². The quantitative estimate of drug-likeness (QED) is 0.793. The van der Waals surface area contributed by atoms with E-state index >= 15 is 0 Å². The van der Waals surface area contributed by atoms with Crippen LogP contribution in [-0.4, -0.2) is 18.1 Å². The Bertz CT molecular complexity index is 371. The number of carbonyl (C=O) groups is 1. The van der Waals surface area contributed by atoms with Crippen molar-refractivity contribution in [2.45, 2.75) is 38.3 Å². The van der Waals surface area contributed by atoms with Gasteiger partial charge in [0.25, 0.3) is 0 Å². The van der Waals surface area contributed by atoms with Gasteiger partial charge in [-0.3, -0.25) is 10.1 Å². The number of rotatable bonds is 5. The van der Waals surface area contributed by atoms with E-state index in [1.54, 1.807) is 0 Å². The second-order valence-electron chi connectivity index (χ2n) is 4.50. The van der Waals surface area contributed by atoms with Gasteiger partial charge in [0.1, 0.15) is 5.54 Å². The molecule has 0 spiro atoms. The molecule has 92 valence electrons. The van der Waals surface area contributed by atoms with Gasteiger partial charge in [-0.25, -0.2) is 0 Å². The molecule has 0 amide bonds. The average molecular weight is 233 g/mol. The summed E-state index contributed by atoms with van der Waals surface area (Å²) in [6.45, 7) is 3.02. The Kier molecular flexibility index (Phi) is 3.79. The van der Waals surface area contributed by atoms with Crippen LogP contribution in [0.5, 0.6) is 0 Å². The molecule has 0 unspecified atom stereocenters. The molecular weight excluding hydrogens is 214 g/mol. The van der Waals surface area contributed by atoms with Crippen LogP contribution in [0.1, 0.15) is 31.7 Å². The van der Waals surface area contributed by atoms with Crippen molar-refractivity contribution in [3.8, 4) is 0 Å². The second kappa shape index (κ2) is 5.32. The summed E-state index contributed by atoms with van der Waals surface area (Å²) < 4.78 is 5.14. The van der Waals surface area contributed by atoms with Gasteiger partial charge in [0.05, 0.1) is 6.61 Å². The zero-order valence-electron chi connectivity index (χ0n) is 10.2. The van der Waals surface area contributed by atoms with Crippen molar-refractivity contribution < 1.29 is 9.53 Å². The van der Waals surface area contributed by atoms with Gasteiger partial charge >= 0.3 is 5.97 Å². The third-order valence-corrected chi connectivity index (χ3v) is 3.35. The Balaban J connectivity index is 1.94. The molecule has 0 heterocycles. The van der Waals surface area contributed by atoms with Gasteiger partial charge in [0, 0.05) is 6.54 Å². The molecule has 0 aromatic heterocycles. The van der Waals surface area contributed by atoms with Crippen LogP contribution < -0.4 is 5.32 Å². The number of hydrogen-bond acceptors (Lipinski definition) is 3. The SMILES string of the molecule is CCOC(=O)C1(NCc2ccccc2)CCC1. The third-order valence-electron chi connectivity index (χ3n) is 3.35. The van der Waals surface area contributed by atoms with Crippen LogP contribution in [0.4, 0.5) is 0 Å². The number of hydrogen-bond donors (Lipinski definition) is 1. The summed E-state index contributed by atoms with van der Waals surface area (Å²) in [4.78, 5) is 11.9. The molecular formula is C14H19NO2. The first-order valence-corrected chi connectivity index (χ1v) is 6.23. The molecule has 1 aromatic carbocycles. The minimum Gasteiger partial charge on any atom is -0.465 e. The Hall–Kier alpha value is -1.35. The minimum absolute atomic E-state index is 0.0952.